The van der Waals surface area contributed by atoms with Crippen LogP contribution in [0.3, 0.4) is 0 Å². The lowest BCUT2D eigenvalue weighted by Gasteiger charge is -2.11. The van der Waals surface area contributed by atoms with Gasteiger partial charge < -0.3 is 14.5 Å². The Morgan fingerprint density at radius 1 is 1.10 bits per heavy atom. The molecule has 6 heteroatoms. The van der Waals surface area contributed by atoms with Gasteiger partial charge in [0.2, 0.25) is 5.88 Å². The summed E-state index contributed by atoms with van der Waals surface area (Å²) in [6.07, 6.45) is 6.64. The summed E-state index contributed by atoms with van der Waals surface area (Å²) in [6.45, 7) is 2.50. The highest BCUT2D eigenvalue weighted by molar-refractivity contribution is 5.85. The van der Waals surface area contributed by atoms with Crippen molar-refractivity contribution in [3.63, 3.8) is 0 Å². The van der Waals surface area contributed by atoms with Gasteiger partial charge in [0, 0.05) is 35.4 Å². The Balaban J connectivity index is 1.33. The second-order valence-corrected chi connectivity index (χ2v) is 7.45. The molecule has 0 amide bonds. The zero-order valence-electron chi connectivity index (χ0n) is 16.4. The molecule has 2 unspecified atom stereocenters. The number of methoxy groups -OCH3 is 1. The zero-order valence-corrected chi connectivity index (χ0v) is 16.4. The molecule has 0 spiro atoms. The lowest BCUT2D eigenvalue weighted by atomic mass is 10.1. The second-order valence-electron chi connectivity index (χ2n) is 7.45. The SMILES string of the molecule is COc1ccc(C2CC2COc2nc(C)ncc2-c2ccc3[nH]ccc3c2)nc1. The largest absolute Gasteiger partial charge is 0.495 e. The Bertz CT molecular complexity index is 1150. The third kappa shape index (κ3) is 3.53. The molecule has 0 bridgehead atoms. The molecule has 5 rings (SSSR count). The van der Waals surface area contributed by atoms with Crippen molar-refractivity contribution >= 4 is 10.9 Å². The fraction of sp³-hybridized carbons (Fsp3) is 0.261. The van der Waals surface area contributed by atoms with E-state index in [1.54, 1.807) is 13.3 Å². The number of nitrogens with one attached hydrogen (secondary N) is 1. The third-order valence-electron chi connectivity index (χ3n) is 5.47. The van der Waals surface area contributed by atoms with Crippen LogP contribution in [0.15, 0.2) is 55.0 Å². The Kier molecular flexibility index (Phi) is 4.39. The van der Waals surface area contributed by atoms with Gasteiger partial charge in [0.1, 0.15) is 11.6 Å². The van der Waals surface area contributed by atoms with Gasteiger partial charge >= 0.3 is 0 Å². The summed E-state index contributed by atoms with van der Waals surface area (Å²) in [5, 5.41) is 1.15. The maximum absolute atomic E-state index is 6.18. The van der Waals surface area contributed by atoms with Crippen molar-refractivity contribution in [1.82, 2.24) is 19.9 Å². The number of aromatic nitrogens is 4. The molecule has 1 aromatic carbocycles. The maximum Gasteiger partial charge on any atom is 0.224 e. The smallest absolute Gasteiger partial charge is 0.224 e. The summed E-state index contributed by atoms with van der Waals surface area (Å²) in [4.78, 5) is 16.7. The number of fused-ring (bicyclic) bond motifs is 1. The van der Waals surface area contributed by atoms with E-state index in [4.69, 9.17) is 9.47 Å². The molecule has 4 aromatic rings. The molecule has 1 saturated carbocycles. The Hall–Kier alpha value is -3.41. The number of aromatic amines is 1. The monoisotopic (exact) mass is 386 g/mol. The lowest BCUT2D eigenvalue weighted by molar-refractivity contribution is 0.285. The quantitative estimate of drug-likeness (QED) is 0.527. The van der Waals surface area contributed by atoms with Gasteiger partial charge in [-0.2, -0.15) is 4.98 Å². The molecule has 6 nitrogen and oxygen atoms in total. The van der Waals surface area contributed by atoms with E-state index in [1.165, 1.54) is 0 Å². The maximum atomic E-state index is 6.18. The van der Waals surface area contributed by atoms with Crippen molar-refractivity contribution in [1.29, 1.82) is 0 Å². The number of hydrogen-bond donors (Lipinski definition) is 1. The van der Waals surface area contributed by atoms with Gasteiger partial charge in [-0.1, -0.05) is 6.07 Å². The highest BCUT2D eigenvalue weighted by Gasteiger charge is 2.40. The first kappa shape index (κ1) is 17.7. The number of nitrogens with zero attached hydrogens (tertiary/aromatic N) is 3. The van der Waals surface area contributed by atoms with Gasteiger partial charge in [0.25, 0.3) is 0 Å². The molecule has 0 saturated heterocycles. The first-order chi connectivity index (χ1) is 14.2. The molecule has 1 N–H and O–H groups in total. The molecule has 1 fully saturated rings. The highest BCUT2D eigenvalue weighted by Crippen LogP contribution is 2.47. The van der Waals surface area contributed by atoms with Gasteiger partial charge in [-0.3, -0.25) is 4.98 Å². The Morgan fingerprint density at radius 3 is 2.86 bits per heavy atom. The summed E-state index contributed by atoms with van der Waals surface area (Å²) < 4.78 is 11.4. The van der Waals surface area contributed by atoms with Crippen molar-refractivity contribution in [2.45, 2.75) is 19.3 Å². The van der Waals surface area contributed by atoms with Crippen molar-refractivity contribution < 1.29 is 9.47 Å². The van der Waals surface area contributed by atoms with Crippen LogP contribution in [0.1, 0.15) is 23.9 Å². The summed E-state index contributed by atoms with van der Waals surface area (Å²) in [6, 6.07) is 12.3. The summed E-state index contributed by atoms with van der Waals surface area (Å²) in [7, 11) is 1.65. The second kappa shape index (κ2) is 7.20. The summed E-state index contributed by atoms with van der Waals surface area (Å²) >= 11 is 0. The van der Waals surface area contributed by atoms with E-state index in [-0.39, 0.29) is 0 Å². The number of hydrogen-bond acceptors (Lipinski definition) is 5. The summed E-state index contributed by atoms with van der Waals surface area (Å²) in [5.41, 5.74) is 4.17. The summed E-state index contributed by atoms with van der Waals surface area (Å²) in [5.74, 6) is 3.01. The van der Waals surface area contributed by atoms with Crippen molar-refractivity contribution in [3.05, 3.63) is 66.5 Å². The molecule has 0 aliphatic heterocycles. The van der Waals surface area contributed by atoms with Crippen LogP contribution in [-0.2, 0) is 0 Å². The van der Waals surface area contributed by atoms with Crippen molar-refractivity contribution in [3.8, 4) is 22.8 Å². The van der Waals surface area contributed by atoms with E-state index < -0.39 is 0 Å². The number of pyridine rings is 1. The molecule has 29 heavy (non-hydrogen) atoms. The number of benzene rings is 1. The lowest BCUT2D eigenvalue weighted by Crippen LogP contribution is -2.05. The van der Waals surface area contributed by atoms with Gasteiger partial charge in [0.05, 0.1) is 25.5 Å². The van der Waals surface area contributed by atoms with Crippen LogP contribution in [0.4, 0.5) is 0 Å². The van der Waals surface area contributed by atoms with Crippen LogP contribution in [0, 0.1) is 12.8 Å². The third-order valence-corrected chi connectivity index (χ3v) is 5.47. The fourth-order valence-electron chi connectivity index (χ4n) is 3.69. The molecule has 146 valence electrons. The van der Waals surface area contributed by atoms with E-state index in [9.17, 15) is 0 Å². The first-order valence-corrected chi connectivity index (χ1v) is 9.75. The topological polar surface area (TPSA) is 72.9 Å². The van der Waals surface area contributed by atoms with Crippen LogP contribution in [0.5, 0.6) is 11.6 Å². The minimum absolute atomic E-state index is 0.434. The number of rotatable bonds is 6. The average Bonchev–Trinajstić information content (AvgIpc) is 3.38. The molecular formula is C23H22N4O2. The normalized spacial score (nSPS) is 18.0. The van der Waals surface area contributed by atoms with Gasteiger partial charge in [-0.05, 0) is 54.6 Å². The molecular weight excluding hydrogens is 364 g/mol. The molecule has 2 atom stereocenters. The number of H-pyrrole nitrogens is 1. The molecule has 0 radical (unpaired) electrons. The average molecular weight is 386 g/mol. The van der Waals surface area contributed by atoms with Gasteiger partial charge in [-0.15, -0.1) is 0 Å². The van der Waals surface area contributed by atoms with Crippen LogP contribution in [0.2, 0.25) is 0 Å². The van der Waals surface area contributed by atoms with Crippen LogP contribution in [0.25, 0.3) is 22.0 Å². The van der Waals surface area contributed by atoms with Crippen molar-refractivity contribution in [2.24, 2.45) is 5.92 Å². The van der Waals surface area contributed by atoms with Crippen LogP contribution >= 0.6 is 0 Å². The predicted molar refractivity (Wildman–Crippen MR) is 111 cm³/mol. The van der Waals surface area contributed by atoms with Gasteiger partial charge in [-0.25, -0.2) is 4.98 Å². The number of ether oxygens (including phenoxy) is 2. The van der Waals surface area contributed by atoms with Crippen molar-refractivity contribution in [2.75, 3.05) is 13.7 Å². The van der Waals surface area contributed by atoms with E-state index in [2.05, 4.69) is 44.2 Å². The fourth-order valence-corrected chi connectivity index (χ4v) is 3.69. The molecule has 1 aliphatic rings. The number of aryl methyl sites for hydroxylation is 1. The Labute approximate surface area is 169 Å². The van der Waals surface area contributed by atoms with Gasteiger partial charge in [0.15, 0.2) is 0 Å². The Morgan fingerprint density at radius 2 is 2.03 bits per heavy atom. The predicted octanol–water partition coefficient (Wildman–Crippen LogP) is 4.52. The zero-order chi connectivity index (χ0) is 19.8. The molecule has 3 heterocycles. The van der Waals surface area contributed by atoms with Crippen LogP contribution < -0.4 is 9.47 Å². The van der Waals surface area contributed by atoms with E-state index >= 15 is 0 Å². The first-order valence-electron chi connectivity index (χ1n) is 9.75. The molecule has 3 aromatic heterocycles. The minimum atomic E-state index is 0.434. The van der Waals surface area contributed by atoms with Crippen LogP contribution in [-0.4, -0.2) is 33.7 Å². The van der Waals surface area contributed by atoms with E-state index in [0.29, 0.717) is 30.1 Å². The van der Waals surface area contributed by atoms with E-state index in [1.807, 2.05) is 31.5 Å². The highest BCUT2D eigenvalue weighted by atomic mass is 16.5. The minimum Gasteiger partial charge on any atom is -0.495 e. The van der Waals surface area contributed by atoms with E-state index in [0.717, 1.165) is 39.9 Å². The standard InChI is InChI=1S/C23H22N4O2/c1-14-25-12-20(15-3-5-21-16(9-15)7-8-24-21)23(27-14)29-13-17-10-19(17)22-6-4-18(28-2)11-26-22/h3-9,11-12,17,19,24H,10,13H2,1-2H3. The molecule has 1 aliphatic carbocycles.